The highest BCUT2D eigenvalue weighted by Crippen LogP contribution is 2.23. The fourth-order valence-electron chi connectivity index (χ4n) is 1.28. The molecule has 92 valence electrons. The molecule has 17 heavy (non-hydrogen) atoms. The number of unbranched alkanes of at least 4 members (excludes halogenated alkanes) is 1. The molecule has 0 fully saturated rings. The van der Waals surface area contributed by atoms with E-state index in [9.17, 15) is 9.59 Å². The normalized spacial score (nSPS) is 9.71. The summed E-state index contributed by atoms with van der Waals surface area (Å²) in [5, 5.41) is 2.77. The zero-order chi connectivity index (χ0) is 12.5. The molecule has 1 aromatic carbocycles. The van der Waals surface area contributed by atoms with Crippen molar-refractivity contribution in [3.63, 3.8) is 0 Å². The van der Waals surface area contributed by atoms with Crippen molar-refractivity contribution in [2.45, 2.75) is 26.2 Å². The van der Waals surface area contributed by atoms with Gasteiger partial charge in [-0.25, -0.2) is 0 Å². The van der Waals surface area contributed by atoms with Crippen LogP contribution < -0.4 is 10.1 Å². The summed E-state index contributed by atoms with van der Waals surface area (Å²) in [4.78, 5) is 21.5. The van der Waals surface area contributed by atoms with Crippen LogP contribution in [0, 0.1) is 0 Å². The fraction of sp³-hybridized carbons (Fsp3) is 0.385. The Balaban J connectivity index is 2.57. The van der Waals surface area contributed by atoms with Gasteiger partial charge in [-0.3, -0.25) is 4.79 Å². The summed E-state index contributed by atoms with van der Waals surface area (Å²) in [5.41, 5.74) is 0.672. The zero-order valence-electron chi connectivity index (χ0n) is 9.94. The zero-order valence-corrected chi connectivity index (χ0v) is 9.94. The maximum Gasteiger partial charge on any atom is 0.224 e. The van der Waals surface area contributed by atoms with Gasteiger partial charge in [0, 0.05) is 12.8 Å². The minimum Gasteiger partial charge on any atom is -0.491 e. The van der Waals surface area contributed by atoms with E-state index >= 15 is 0 Å². The summed E-state index contributed by atoms with van der Waals surface area (Å²) in [7, 11) is 0. The van der Waals surface area contributed by atoms with Crippen molar-refractivity contribution >= 4 is 17.9 Å². The number of hydrogen-bond donors (Lipinski definition) is 1. The summed E-state index contributed by atoms with van der Waals surface area (Å²) in [6.45, 7) is 2.26. The first kappa shape index (κ1) is 13.2. The average Bonchev–Trinajstić information content (AvgIpc) is 2.36. The van der Waals surface area contributed by atoms with E-state index in [1.165, 1.54) is 0 Å². The van der Waals surface area contributed by atoms with Crippen LogP contribution in [0.15, 0.2) is 24.3 Å². The summed E-state index contributed by atoms with van der Waals surface area (Å²) < 4.78 is 5.51. The fourth-order valence-corrected chi connectivity index (χ4v) is 1.28. The van der Waals surface area contributed by atoms with Crippen molar-refractivity contribution in [2.24, 2.45) is 0 Å². The quantitative estimate of drug-likeness (QED) is 0.583. The maximum absolute atomic E-state index is 11.3. The van der Waals surface area contributed by atoms with Gasteiger partial charge in [0.2, 0.25) is 5.91 Å². The number of carbonyl (C=O) groups is 2. The Morgan fingerprint density at radius 2 is 2.18 bits per heavy atom. The predicted molar refractivity (Wildman–Crippen MR) is 66.2 cm³/mol. The Morgan fingerprint density at radius 1 is 1.41 bits per heavy atom. The monoisotopic (exact) mass is 235 g/mol. The molecule has 0 saturated heterocycles. The Hall–Kier alpha value is -1.84. The molecule has 1 N–H and O–H groups in total. The molecule has 0 aliphatic heterocycles. The lowest BCUT2D eigenvalue weighted by atomic mass is 10.2. The number of anilines is 1. The highest BCUT2D eigenvalue weighted by atomic mass is 16.5. The van der Waals surface area contributed by atoms with Crippen LogP contribution in [0.4, 0.5) is 5.69 Å². The maximum atomic E-state index is 11.3. The second kappa shape index (κ2) is 7.44. The van der Waals surface area contributed by atoms with E-state index in [0.717, 1.165) is 6.29 Å². The van der Waals surface area contributed by atoms with Crippen molar-refractivity contribution < 1.29 is 14.3 Å². The van der Waals surface area contributed by atoms with Crippen LogP contribution >= 0.6 is 0 Å². The number of rotatable bonds is 7. The van der Waals surface area contributed by atoms with Crippen molar-refractivity contribution in [3.05, 3.63) is 24.3 Å². The molecular weight excluding hydrogens is 218 g/mol. The standard InChI is InChI=1S/C13H17NO3/c1-2-13(16)14-11-7-3-4-8-12(11)17-10-6-5-9-15/h3-4,7-9H,2,5-6,10H2,1H3,(H,14,16). The van der Waals surface area contributed by atoms with Crippen LogP contribution in [-0.2, 0) is 9.59 Å². The van der Waals surface area contributed by atoms with Gasteiger partial charge in [-0.1, -0.05) is 19.1 Å². The third-order valence-corrected chi connectivity index (χ3v) is 2.21. The molecule has 0 heterocycles. The van der Waals surface area contributed by atoms with E-state index in [1.54, 1.807) is 19.1 Å². The van der Waals surface area contributed by atoms with Gasteiger partial charge < -0.3 is 14.8 Å². The number of benzene rings is 1. The van der Waals surface area contributed by atoms with E-state index in [2.05, 4.69) is 5.32 Å². The second-order valence-electron chi connectivity index (χ2n) is 3.56. The van der Waals surface area contributed by atoms with Crippen molar-refractivity contribution in [3.8, 4) is 5.75 Å². The van der Waals surface area contributed by atoms with E-state index < -0.39 is 0 Å². The molecule has 1 rings (SSSR count). The molecular formula is C13H17NO3. The van der Waals surface area contributed by atoms with Crippen LogP contribution in [-0.4, -0.2) is 18.8 Å². The van der Waals surface area contributed by atoms with Gasteiger partial charge in [-0.15, -0.1) is 0 Å². The molecule has 1 aromatic rings. The van der Waals surface area contributed by atoms with Crippen LogP contribution in [0.2, 0.25) is 0 Å². The third kappa shape index (κ3) is 4.68. The topological polar surface area (TPSA) is 55.4 Å². The van der Waals surface area contributed by atoms with E-state index in [0.29, 0.717) is 37.3 Å². The highest BCUT2D eigenvalue weighted by Gasteiger charge is 2.05. The number of carbonyl (C=O) groups excluding carboxylic acids is 2. The number of hydrogen-bond acceptors (Lipinski definition) is 3. The largest absolute Gasteiger partial charge is 0.491 e. The Kier molecular flexibility index (Phi) is 5.79. The van der Waals surface area contributed by atoms with Crippen LogP contribution in [0.5, 0.6) is 5.75 Å². The van der Waals surface area contributed by atoms with Crippen molar-refractivity contribution in [1.82, 2.24) is 0 Å². The Labute approximate surface area is 101 Å². The lowest BCUT2D eigenvalue weighted by Crippen LogP contribution is -2.11. The lowest BCUT2D eigenvalue weighted by Gasteiger charge is -2.11. The Morgan fingerprint density at radius 3 is 2.88 bits per heavy atom. The van der Waals surface area contributed by atoms with Gasteiger partial charge in [0.15, 0.2) is 0 Å². The van der Waals surface area contributed by atoms with E-state index in [-0.39, 0.29) is 5.91 Å². The average molecular weight is 235 g/mol. The summed E-state index contributed by atoms with van der Waals surface area (Å²) in [6, 6.07) is 7.27. The number of ether oxygens (including phenoxy) is 1. The molecule has 4 nitrogen and oxygen atoms in total. The molecule has 4 heteroatoms. The van der Waals surface area contributed by atoms with Gasteiger partial charge in [-0.05, 0) is 18.6 Å². The third-order valence-electron chi connectivity index (χ3n) is 2.21. The van der Waals surface area contributed by atoms with E-state index in [4.69, 9.17) is 4.74 Å². The molecule has 0 aromatic heterocycles. The highest BCUT2D eigenvalue weighted by molar-refractivity contribution is 5.91. The molecule has 0 saturated carbocycles. The lowest BCUT2D eigenvalue weighted by molar-refractivity contribution is -0.116. The van der Waals surface area contributed by atoms with E-state index in [1.807, 2.05) is 12.1 Å². The molecule has 1 amide bonds. The molecule has 0 unspecified atom stereocenters. The molecule has 0 aliphatic carbocycles. The summed E-state index contributed by atoms with van der Waals surface area (Å²) >= 11 is 0. The SMILES string of the molecule is CCC(=O)Nc1ccccc1OCCCC=O. The first-order chi connectivity index (χ1) is 8.27. The van der Waals surface area contributed by atoms with Gasteiger partial charge in [0.1, 0.15) is 12.0 Å². The number of aldehydes is 1. The smallest absolute Gasteiger partial charge is 0.224 e. The minimum absolute atomic E-state index is 0.0473. The number of amides is 1. The van der Waals surface area contributed by atoms with Gasteiger partial charge >= 0.3 is 0 Å². The van der Waals surface area contributed by atoms with Crippen molar-refractivity contribution in [1.29, 1.82) is 0 Å². The first-order valence-corrected chi connectivity index (χ1v) is 5.73. The van der Waals surface area contributed by atoms with Crippen LogP contribution in [0.25, 0.3) is 0 Å². The Bertz CT molecular complexity index is 377. The molecule has 0 aliphatic rings. The van der Waals surface area contributed by atoms with Gasteiger partial charge in [-0.2, -0.15) is 0 Å². The van der Waals surface area contributed by atoms with Crippen LogP contribution in [0.1, 0.15) is 26.2 Å². The molecule has 0 radical (unpaired) electrons. The number of nitrogens with one attached hydrogen (secondary N) is 1. The number of para-hydroxylation sites is 2. The van der Waals surface area contributed by atoms with Gasteiger partial charge in [0.05, 0.1) is 12.3 Å². The molecule has 0 atom stereocenters. The minimum atomic E-state index is -0.0473. The van der Waals surface area contributed by atoms with Crippen molar-refractivity contribution in [2.75, 3.05) is 11.9 Å². The van der Waals surface area contributed by atoms with Crippen LogP contribution in [0.3, 0.4) is 0 Å². The summed E-state index contributed by atoms with van der Waals surface area (Å²) in [6.07, 6.45) is 2.47. The predicted octanol–water partition coefficient (Wildman–Crippen LogP) is 2.39. The summed E-state index contributed by atoms with van der Waals surface area (Å²) in [5.74, 6) is 0.592. The molecule has 0 bridgehead atoms. The molecule has 0 spiro atoms. The van der Waals surface area contributed by atoms with Gasteiger partial charge in [0.25, 0.3) is 0 Å². The first-order valence-electron chi connectivity index (χ1n) is 5.73. The second-order valence-corrected chi connectivity index (χ2v) is 3.56.